The molecule has 0 spiro atoms. The van der Waals surface area contributed by atoms with E-state index < -0.39 is 0 Å². The van der Waals surface area contributed by atoms with Gasteiger partial charge in [-0.1, -0.05) is 20.3 Å². The van der Waals surface area contributed by atoms with Crippen molar-refractivity contribution < 1.29 is 4.74 Å². The van der Waals surface area contributed by atoms with Gasteiger partial charge >= 0.3 is 0 Å². The molecule has 1 aromatic rings. The fourth-order valence-electron chi connectivity index (χ4n) is 1.79. The Kier molecular flexibility index (Phi) is 5.68. The van der Waals surface area contributed by atoms with Crippen molar-refractivity contribution in [2.45, 2.75) is 46.1 Å². The minimum Gasteiger partial charge on any atom is -0.476 e. The van der Waals surface area contributed by atoms with Gasteiger partial charge in [0, 0.05) is 13.1 Å². The smallest absolute Gasteiger partial charge is 0.242 e. The molecule has 0 amide bonds. The first-order valence-corrected chi connectivity index (χ1v) is 6.57. The number of hydrogen-bond acceptors (Lipinski definition) is 5. The lowest BCUT2D eigenvalue weighted by atomic mass is 10.2. The molecule has 1 heterocycles. The van der Waals surface area contributed by atoms with E-state index in [1.165, 1.54) is 6.33 Å². The molecule has 0 aliphatic heterocycles. The molecule has 1 rings (SSSR count). The lowest BCUT2D eigenvalue weighted by Gasteiger charge is -2.26. The molecule has 0 aliphatic carbocycles. The summed E-state index contributed by atoms with van der Waals surface area (Å²) in [5, 5.41) is 0. The van der Waals surface area contributed by atoms with Crippen LogP contribution in [-0.4, -0.2) is 29.7 Å². The van der Waals surface area contributed by atoms with E-state index in [2.05, 4.69) is 28.7 Å². The van der Waals surface area contributed by atoms with Crippen LogP contribution in [0.25, 0.3) is 0 Å². The van der Waals surface area contributed by atoms with Crippen LogP contribution >= 0.6 is 0 Å². The Morgan fingerprint density at radius 1 is 1.33 bits per heavy atom. The molecular formula is C13H24N4O. The molecule has 2 N–H and O–H groups in total. The van der Waals surface area contributed by atoms with Gasteiger partial charge in [-0.15, -0.1) is 0 Å². The van der Waals surface area contributed by atoms with Gasteiger partial charge in [-0.3, -0.25) is 0 Å². The summed E-state index contributed by atoms with van der Waals surface area (Å²) in [4.78, 5) is 10.4. The van der Waals surface area contributed by atoms with Crippen molar-refractivity contribution in [3.63, 3.8) is 0 Å². The van der Waals surface area contributed by atoms with E-state index >= 15 is 0 Å². The predicted octanol–water partition coefficient (Wildman–Crippen LogP) is 2.47. The fraction of sp³-hybridized carbons (Fsp3) is 0.692. The zero-order valence-electron chi connectivity index (χ0n) is 11.8. The summed E-state index contributed by atoms with van der Waals surface area (Å²) in [6.07, 6.45) is 4.67. The van der Waals surface area contributed by atoms with Crippen molar-refractivity contribution in [2.24, 2.45) is 0 Å². The van der Waals surface area contributed by atoms with Crippen LogP contribution < -0.4 is 15.4 Å². The Bertz CT molecular complexity index is 370. The van der Waals surface area contributed by atoms with Gasteiger partial charge in [0.25, 0.3) is 0 Å². The van der Waals surface area contributed by atoms with E-state index in [-0.39, 0.29) is 0 Å². The Balaban J connectivity index is 2.88. The molecule has 5 nitrogen and oxygen atoms in total. The van der Waals surface area contributed by atoms with Gasteiger partial charge in [0.15, 0.2) is 5.82 Å². The second-order valence-electron chi connectivity index (χ2n) is 4.51. The van der Waals surface area contributed by atoms with E-state index in [0.29, 0.717) is 24.2 Å². The van der Waals surface area contributed by atoms with Crippen molar-refractivity contribution in [3.8, 4) is 5.88 Å². The monoisotopic (exact) mass is 252 g/mol. The summed E-state index contributed by atoms with van der Waals surface area (Å²) in [6.45, 7) is 7.00. The third kappa shape index (κ3) is 3.48. The van der Waals surface area contributed by atoms with Gasteiger partial charge in [0.1, 0.15) is 12.0 Å². The van der Waals surface area contributed by atoms with E-state index in [9.17, 15) is 0 Å². The Morgan fingerprint density at radius 3 is 2.67 bits per heavy atom. The molecular weight excluding hydrogens is 228 g/mol. The zero-order chi connectivity index (χ0) is 13.5. The maximum atomic E-state index is 6.07. The normalized spacial score (nSPS) is 12.2. The Labute approximate surface area is 109 Å². The lowest BCUT2D eigenvalue weighted by molar-refractivity contribution is 0.306. The topological polar surface area (TPSA) is 64.3 Å². The molecule has 18 heavy (non-hydrogen) atoms. The number of nitrogens with two attached hydrogens (primary N) is 1. The Hall–Kier alpha value is -1.52. The summed E-state index contributed by atoms with van der Waals surface area (Å²) in [5.74, 6) is 1.23. The molecule has 5 heteroatoms. The van der Waals surface area contributed by atoms with Crippen LogP contribution in [-0.2, 0) is 0 Å². The molecule has 0 aromatic carbocycles. The highest BCUT2D eigenvalue weighted by molar-refractivity contribution is 5.67. The minimum atomic E-state index is 0.395. The zero-order valence-corrected chi connectivity index (χ0v) is 11.8. The van der Waals surface area contributed by atoms with Crippen LogP contribution in [0.4, 0.5) is 11.5 Å². The number of nitrogen functional groups attached to an aromatic ring is 1. The number of nitrogens with zero attached hydrogens (tertiary/aromatic N) is 3. The summed E-state index contributed by atoms with van der Waals surface area (Å²) < 4.78 is 5.51. The molecule has 0 aliphatic rings. The van der Waals surface area contributed by atoms with Crippen molar-refractivity contribution >= 4 is 11.5 Å². The van der Waals surface area contributed by atoms with Crippen LogP contribution in [0.2, 0.25) is 0 Å². The summed E-state index contributed by atoms with van der Waals surface area (Å²) >= 11 is 0. The quantitative estimate of drug-likeness (QED) is 0.807. The first-order chi connectivity index (χ1) is 8.61. The average molecular weight is 252 g/mol. The van der Waals surface area contributed by atoms with Crippen LogP contribution in [0, 0.1) is 0 Å². The maximum absolute atomic E-state index is 6.07. The SMILES string of the molecule is CCCOc1ncnc(N(C)C(C)CCC)c1N. The van der Waals surface area contributed by atoms with Crippen molar-refractivity contribution in [1.82, 2.24) is 9.97 Å². The molecule has 0 saturated carbocycles. The lowest BCUT2D eigenvalue weighted by Crippen LogP contribution is -2.30. The van der Waals surface area contributed by atoms with Crippen molar-refractivity contribution in [2.75, 3.05) is 24.3 Å². The number of hydrogen-bond donors (Lipinski definition) is 1. The van der Waals surface area contributed by atoms with Crippen LogP contribution in [0.5, 0.6) is 5.88 Å². The molecule has 1 aromatic heterocycles. The highest BCUT2D eigenvalue weighted by atomic mass is 16.5. The second-order valence-corrected chi connectivity index (χ2v) is 4.51. The van der Waals surface area contributed by atoms with Gasteiger partial charge in [-0.05, 0) is 19.8 Å². The number of aromatic nitrogens is 2. The van der Waals surface area contributed by atoms with Crippen LogP contribution in [0.1, 0.15) is 40.0 Å². The molecule has 102 valence electrons. The summed E-state index contributed by atoms with van der Waals surface area (Å²) in [7, 11) is 2.00. The third-order valence-corrected chi connectivity index (χ3v) is 2.97. The van der Waals surface area contributed by atoms with E-state index in [1.807, 2.05) is 14.0 Å². The van der Waals surface area contributed by atoms with Crippen molar-refractivity contribution in [3.05, 3.63) is 6.33 Å². The van der Waals surface area contributed by atoms with Gasteiger partial charge in [0.2, 0.25) is 5.88 Å². The van der Waals surface area contributed by atoms with E-state index in [4.69, 9.17) is 10.5 Å². The average Bonchev–Trinajstić information content (AvgIpc) is 2.37. The fourth-order valence-corrected chi connectivity index (χ4v) is 1.79. The van der Waals surface area contributed by atoms with Gasteiger partial charge in [-0.2, -0.15) is 4.98 Å². The molecule has 0 radical (unpaired) electrons. The van der Waals surface area contributed by atoms with Gasteiger partial charge in [0.05, 0.1) is 6.61 Å². The van der Waals surface area contributed by atoms with Gasteiger partial charge < -0.3 is 15.4 Å². The first-order valence-electron chi connectivity index (χ1n) is 6.57. The predicted molar refractivity (Wildman–Crippen MR) is 75.0 cm³/mol. The minimum absolute atomic E-state index is 0.395. The molecule has 0 saturated heterocycles. The Morgan fingerprint density at radius 2 is 2.06 bits per heavy atom. The molecule has 0 fully saturated rings. The maximum Gasteiger partial charge on any atom is 0.242 e. The first kappa shape index (κ1) is 14.5. The van der Waals surface area contributed by atoms with E-state index in [1.54, 1.807) is 0 Å². The highest BCUT2D eigenvalue weighted by Crippen LogP contribution is 2.28. The van der Waals surface area contributed by atoms with Crippen LogP contribution in [0.15, 0.2) is 6.33 Å². The number of rotatable bonds is 7. The van der Waals surface area contributed by atoms with Crippen molar-refractivity contribution in [1.29, 1.82) is 0 Å². The molecule has 1 atom stereocenters. The van der Waals surface area contributed by atoms with E-state index in [0.717, 1.165) is 25.1 Å². The second kappa shape index (κ2) is 7.03. The summed E-state index contributed by atoms with van der Waals surface area (Å²) in [5.41, 5.74) is 6.59. The molecule has 1 unspecified atom stereocenters. The number of ether oxygens (including phenoxy) is 1. The molecule has 0 bridgehead atoms. The number of anilines is 2. The largest absolute Gasteiger partial charge is 0.476 e. The van der Waals surface area contributed by atoms with Crippen LogP contribution in [0.3, 0.4) is 0 Å². The standard InChI is InChI=1S/C13H24N4O/c1-5-7-10(3)17(4)12-11(14)13(16-9-15-12)18-8-6-2/h9-10H,5-8,14H2,1-4H3. The summed E-state index contributed by atoms with van der Waals surface area (Å²) in [6, 6.07) is 0.395. The third-order valence-electron chi connectivity index (χ3n) is 2.97. The highest BCUT2D eigenvalue weighted by Gasteiger charge is 2.16. The van der Waals surface area contributed by atoms with Gasteiger partial charge in [-0.25, -0.2) is 4.98 Å².